The SMILES string of the molecule is O=S1(=O)CC=C(CO)N1. The van der Waals surface area contributed by atoms with Crippen LogP contribution in [0.3, 0.4) is 0 Å². The average Bonchev–Trinajstić information content (AvgIpc) is 2.10. The molecule has 0 amide bonds. The third-order valence-electron chi connectivity index (χ3n) is 1.01. The molecule has 0 bridgehead atoms. The Hall–Kier alpha value is -0.550. The van der Waals surface area contributed by atoms with Gasteiger partial charge < -0.3 is 5.11 Å². The Morgan fingerprint density at radius 3 is 2.67 bits per heavy atom. The van der Waals surface area contributed by atoms with Crippen LogP contribution in [-0.4, -0.2) is 25.9 Å². The van der Waals surface area contributed by atoms with Crippen LogP contribution in [0.5, 0.6) is 0 Å². The van der Waals surface area contributed by atoms with Gasteiger partial charge in [-0.2, -0.15) is 0 Å². The summed E-state index contributed by atoms with van der Waals surface area (Å²) in [4.78, 5) is 0. The molecule has 1 aliphatic heterocycles. The van der Waals surface area contributed by atoms with Crippen LogP contribution < -0.4 is 4.72 Å². The quantitative estimate of drug-likeness (QED) is 0.492. The van der Waals surface area contributed by atoms with E-state index >= 15 is 0 Å². The first-order valence-corrected chi connectivity index (χ1v) is 4.10. The van der Waals surface area contributed by atoms with E-state index in [-0.39, 0.29) is 12.4 Å². The highest BCUT2D eigenvalue weighted by Crippen LogP contribution is 2.01. The van der Waals surface area contributed by atoms with Gasteiger partial charge in [-0.25, -0.2) is 8.42 Å². The number of nitrogens with one attached hydrogen (secondary N) is 1. The minimum absolute atomic E-state index is 0.0110. The second kappa shape index (κ2) is 2.00. The normalized spacial score (nSPS) is 23.0. The van der Waals surface area contributed by atoms with Crippen LogP contribution >= 0.6 is 0 Å². The highest BCUT2D eigenvalue weighted by Gasteiger charge is 2.16. The lowest BCUT2D eigenvalue weighted by Gasteiger charge is -1.96. The van der Waals surface area contributed by atoms with Crippen molar-refractivity contribution in [2.24, 2.45) is 0 Å². The zero-order valence-electron chi connectivity index (χ0n) is 4.66. The maximum absolute atomic E-state index is 10.5. The Morgan fingerprint density at radius 1 is 1.78 bits per heavy atom. The molecule has 0 saturated heterocycles. The fourth-order valence-electron chi connectivity index (χ4n) is 0.590. The highest BCUT2D eigenvalue weighted by atomic mass is 32.2. The Labute approximate surface area is 53.2 Å². The molecule has 1 aliphatic rings. The van der Waals surface area contributed by atoms with Crippen molar-refractivity contribution in [3.05, 3.63) is 11.8 Å². The predicted molar refractivity (Wildman–Crippen MR) is 32.1 cm³/mol. The highest BCUT2D eigenvalue weighted by molar-refractivity contribution is 7.90. The van der Waals surface area contributed by atoms with Crippen molar-refractivity contribution in [3.63, 3.8) is 0 Å². The minimum atomic E-state index is -3.11. The van der Waals surface area contributed by atoms with Gasteiger partial charge in [0.25, 0.3) is 0 Å². The molecule has 1 rings (SSSR count). The van der Waals surface area contributed by atoms with E-state index in [0.717, 1.165) is 0 Å². The fourth-order valence-corrected chi connectivity index (χ4v) is 1.64. The Morgan fingerprint density at radius 2 is 2.44 bits per heavy atom. The zero-order valence-corrected chi connectivity index (χ0v) is 5.48. The number of rotatable bonds is 1. The van der Waals surface area contributed by atoms with Crippen molar-refractivity contribution in [2.45, 2.75) is 0 Å². The molecule has 0 aromatic heterocycles. The van der Waals surface area contributed by atoms with E-state index in [4.69, 9.17) is 5.11 Å². The lowest BCUT2D eigenvalue weighted by Crippen LogP contribution is -2.19. The molecule has 0 aromatic rings. The third-order valence-corrected chi connectivity index (χ3v) is 2.18. The smallest absolute Gasteiger partial charge is 0.236 e. The van der Waals surface area contributed by atoms with E-state index < -0.39 is 10.0 Å². The molecule has 1 heterocycles. The van der Waals surface area contributed by atoms with Crippen molar-refractivity contribution in [1.82, 2.24) is 4.72 Å². The topological polar surface area (TPSA) is 66.4 Å². The summed E-state index contributed by atoms with van der Waals surface area (Å²) in [6.07, 6.45) is 1.45. The molecule has 0 aliphatic carbocycles. The Balaban J connectivity index is 2.71. The van der Waals surface area contributed by atoms with Gasteiger partial charge in [-0.05, 0) is 6.08 Å². The predicted octanol–water partition coefficient (Wildman–Crippen LogP) is -1.20. The van der Waals surface area contributed by atoms with Gasteiger partial charge in [-0.15, -0.1) is 0 Å². The molecule has 4 nitrogen and oxygen atoms in total. The number of hydrogen-bond acceptors (Lipinski definition) is 3. The monoisotopic (exact) mass is 149 g/mol. The number of aliphatic hydroxyl groups is 1. The lowest BCUT2D eigenvalue weighted by atomic mass is 10.5. The molecule has 0 unspecified atom stereocenters. The first-order chi connectivity index (χ1) is 4.14. The molecule has 0 aromatic carbocycles. The summed E-state index contributed by atoms with van der Waals surface area (Å²) >= 11 is 0. The summed E-state index contributed by atoms with van der Waals surface area (Å²) in [7, 11) is -3.11. The van der Waals surface area contributed by atoms with Gasteiger partial charge in [-0.3, -0.25) is 4.72 Å². The van der Waals surface area contributed by atoms with Gasteiger partial charge in [0.1, 0.15) is 0 Å². The van der Waals surface area contributed by atoms with Crippen LogP contribution in [-0.2, 0) is 10.0 Å². The first kappa shape index (κ1) is 6.57. The maximum Gasteiger partial charge on any atom is 0.236 e. The molecule has 2 N–H and O–H groups in total. The van der Waals surface area contributed by atoms with Crippen molar-refractivity contribution < 1.29 is 13.5 Å². The second-order valence-electron chi connectivity index (χ2n) is 1.77. The summed E-state index contributed by atoms with van der Waals surface area (Å²) in [5.41, 5.74) is 0.370. The van der Waals surface area contributed by atoms with Crippen LogP contribution in [0.1, 0.15) is 0 Å². The molecule has 0 fully saturated rings. The molecular formula is C4H7NO3S. The number of sulfonamides is 1. The van der Waals surface area contributed by atoms with E-state index in [1.807, 2.05) is 0 Å². The largest absolute Gasteiger partial charge is 0.390 e. The van der Waals surface area contributed by atoms with E-state index in [1.54, 1.807) is 0 Å². The second-order valence-corrected chi connectivity index (χ2v) is 3.54. The van der Waals surface area contributed by atoms with Crippen LogP contribution in [0.2, 0.25) is 0 Å². The van der Waals surface area contributed by atoms with Crippen molar-refractivity contribution >= 4 is 10.0 Å². The van der Waals surface area contributed by atoms with Gasteiger partial charge in [0.05, 0.1) is 12.4 Å². The summed E-state index contributed by atoms with van der Waals surface area (Å²) in [5.74, 6) is -0.0110. The first-order valence-electron chi connectivity index (χ1n) is 2.44. The summed E-state index contributed by atoms with van der Waals surface area (Å²) in [6, 6.07) is 0. The third kappa shape index (κ3) is 1.43. The van der Waals surface area contributed by atoms with Crippen LogP contribution in [0, 0.1) is 0 Å². The molecule has 0 spiro atoms. The van der Waals surface area contributed by atoms with E-state index in [1.165, 1.54) is 6.08 Å². The summed E-state index contributed by atoms with van der Waals surface area (Å²) in [5, 5.41) is 8.40. The van der Waals surface area contributed by atoms with Crippen LogP contribution in [0.4, 0.5) is 0 Å². The van der Waals surface area contributed by atoms with Crippen molar-refractivity contribution in [2.75, 3.05) is 12.4 Å². The van der Waals surface area contributed by atoms with E-state index in [0.29, 0.717) is 5.70 Å². The minimum Gasteiger partial charge on any atom is -0.390 e. The van der Waals surface area contributed by atoms with Crippen LogP contribution in [0.15, 0.2) is 11.8 Å². The molecule has 5 heteroatoms. The fraction of sp³-hybridized carbons (Fsp3) is 0.500. The van der Waals surface area contributed by atoms with Gasteiger partial charge in [0.2, 0.25) is 10.0 Å². The zero-order chi connectivity index (χ0) is 6.91. The van der Waals surface area contributed by atoms with Crippen LogP contribution in [0.25, 0.3) is 0 Å². The lowest BCUT2D eigenvalue weighted by molar-refractivity contribution is 0.327. The molecule has 52 valence electrons. The van der Waals surface area contributed by atoms with Gasteiger partial charge in [0.15, 0.2) is 0 Å². The molecule has 0 radical (unpaired) electrons. The number of aliphatic hydroxyl groups excluding tert-OH is 1. The number of hydrogen-bond donors (Lipinski definition) is 2. The summed E-state index contributed by atoms with van der Waals surface area (Å²) in [6.45, 7) is -0.237. The molecule has 0 saturated carbocycles. The average molecular weight is 149 g/mol. The van der Waals surface area contributed by atoms with Crippen molar-refractivity contribution in [3.8, 4) is 0 Å². The Kier molecular flexibility index (Phi) is 1.46. The molecule has 9 heavy (non-hydrogen) atoms. The summed E-state index contributed by atoms with van der Waals surface area (Å²) < 4.78 is 23.2. The van der Waals surface area contributed by atoms with Crippen molar-refractivity contribution in [1.29, 1.82) is 0 Å². The Bertz CT molecular complexity index is 228. The maximum atomic E-state index is 10.5. The van der Waals surface area contributed by atoms with Gasteiger partial charge in [-0.1, -0.05) is 0 Å². The van der Waals surface area contributed by atoms with Gasteiger partial charge >= 0.3 is 0 Å². The van der Waals surface area contributed by atoms with Gasteiger partial charge in [0, 0.05) is 5.70 Å². The van der Waals surface area contributed by atoms with E-state index in [2.05, 4.69) is 4.72 Å². The molecular weight excluding hydrogens is 142 g/mol. The standard InChI is InChI=1S/C4H7NO3S/c6-3-4-1-2-9(7,8)5-4/h1,5-6H,2-3H2. The molecule has 0 atom stereocenters. The van der Waals surface area contributed by atoms with E-state index in [9.17, 15) is 8.42 Å².